The smallest absolute Gasteiger partial charge is 0.144 e. The van der Waals surface area contributed by atoms with E-state index in [1.807, 2.05) is 0 Å². The molecule has 1 aliphatic heterocycles. The van der Waals surface area contributed by atoms with Gasteiger partial charge in [0.2, 0.25) is 0 Å². The van der Waals surface area contributed by atoms with Gasteiger partial charge in [-0.1, -0.05) is 18.5 Å². The zero-order valence-corrected chi connectivity index (χ0v) is 13.5. The summed E-state index contributed by atoms with van der Waals surface area (Å²) in [7, 11) is 0. The highest BCUT2D eigenvalue weighted by atomic mass is 35.5. The molecule has 1 atom stereocenters. The van der Waals surface area contributed by atoms with E-state index in [1.54, 1.807) is 6.07 Å². The fraction of sp³-hybridized carbons (Fsp3) is 0.533. The van der Waals surface area contributed by atoms with Gasteiger partial charge in [-0.3, -0.25) is 4.90 Å². The minimum atomic E-state index is -0.439. The second-order valence-corrected chi connectivity index (χ2v) is 6.13. The van der Waals surface area contributed by atoms with Crippen LogP contribution in [0.2, 0.25) is 5.02 Å². The van der Waals surface area contributed by atoms with Gasteiger partial charge in [0, 0.05) is 18.7 Å². The number of benzene rings is 1. The molecule has 2 heterocycles. The van der Waals surface area contributed by atoms with E-state index >= 15 is 0 Å². The van der Waals surface area contributed by atoms with Crippen molar-refractivity contribution in [3.05, 3.63) is 28.8 Å². The van der Waals surface area contributed by atoms with E-state index in [0.717, 1.165) is 31.0 Å². The molecule has 0 spiro atoms. The van der Waals surface area contributed by atoms with Crippen LogP contribution in [-0.2, 0) is 12.4 Å². The highest BCUT2D eigenvalue weighted by Crippen LogP contribution is 2.27. The second-order valence-electron chi connectivity index (χ2n) is 5.45. The van der Waals surface area contributed by atoms with Crippen molar-refractivity contribution in [3.8, 4) is 0 Å². The van der Waals surface area contributed by atoms with Crippen LogP contribution >= 0.6 is 23.2 Å². The Hall–Kier alpha value is -0.840. The number of imidazole rings is 1. The molecule has 1 saturated heterocycles. The summed E-state index contributed by atoms with van der Waals surface area (Å²) in [6, 6.07) is 3.52. The molecule has 1 aromatic carbocycles. The van der Waals surface area contributed by atoms with Crippen LogP contribution in [0.15, 0.2) is 12.1 Å². The number of hydrogen-bond donors (Lipinski definition) is 0. The van der Waals surface area contributed by atoms with E-state index in [9.17, 15) is 4.39 Å². The first-order valence-electron chi connectivity index (χ1n) is 7.28. The molecular formula is C15H18Cl2FN3. The number of nitrogens with zero attached hydrogens (tertiary/aromatic N) is 3. The molecule has 3 nitrogen and oxygen atoms in total. The summed E-state index contributed by atoms with van der Waals surface area (Å²) in [5, 5.41) is 0.128. The monoisotopic (exact) mass is 329 g/mol. The van der Waals surface area contributed by atoms with E-state index in [4.69, 9.17) is 23.2 Å². The number of likely N-dealkylation sites (tertiary alicyclic amines) is 1. The van der Waals surface area contributed by atoms with Crippen molar-refractivity contribution in [3.63, 3.8) is 0 Å². The molecule has 0 amide bonds. The number of halogens is 3. The first kappa shape index (κ1) is 15.1. The van der Waals surface area contributed by atoms with Crippen LogP contribution in [0.1, 0.15) is 25.6 Å². The lowest BCUT2D eigenvalue weighted by molar-refractivity contribution is 0.245. The number of fused-ring (bicyclic) bond motifs is 1. The fourth-order valence-electron chi connectivity index (χ4n) is 3.20. The van der Waals surface area contributed by atoms with Crippen molar-refractivity contribution in [1.29, 1.82) is 0 Å². The first-order valence-corrected chi connectivity index (χ1v) is 8.19. The quantitative estimate of drug-likeness (QED) is 0.789. The zero-order valence-electron chi connectivity index (χ0n) is 12.0. The van der Waals surface area contributed by atoms with Gasteiger partial charge in [0.15, 0.2) is 0 Å². The Bertz CT molecular complexity index is 656. The van der Waals surface area contributed by atoms with Gasteiger partial charge in [0.25, 0.3) is 0 Å². The van der Waals surface area contributed by atoms with Crippen LogP contribution in [-0.4, -0.2) is 33.6 Å². The van der Waals surface area contributed by atoms with Crippen molar-refractivity contribution >= 4 is 34.2 Å². The molecule has 114 valence electrons. The molecular weight excluding hydrogens is 312 g/mol. The Balaban J connectivity index is 2.01. The molecule has 0 saturated carbocycles. The van der Waals surface area contributed by atoms with Crippen LogP contribution in [0.4, 0.5) is 4.39 Å². The average Bonchev–Trinajstić information content (AvgIpc) is 3.05. The number of rotatable bonds is 4. The maximum atomic E-state index is 13.6. The van der Waals surface area contributed by atoms with Crippen molar-refractivity contribution in [2.24, 2.45) is 0 Å². The maximum absolute atomic E-state index is 13.6. The van der Waals surface area contributed by atoms with Crippen LogP contribution in [0.3, 0.4) is 0 Å². The standard InChI is InChI=1S/C15H18Cl2FN3/c1-2-20-5-3-4-10(20)9-21-14-6-11(17)12(18)7-13(14)19-15(21)8-16/h6-7,10H,2-5,8-9H2,1H3. The SMILES string of the molecule is CCN1CCCC1Cn1c(CCl)nc2cc(F)c(Cl)cc21. The summed E-state index contributed by atoms with van der Waals surface area (Å²) in [4.78, 5) is 6.91. The molecule has 1 unspecified atom stereocenters. The normalized spacial score (nSPS) is 19.7. The third-order valence-corrected chi connectivity index (χ3v) is 4.82. The van der Waals surface area contributed by atoms with Gasteiger partial charge < -0.3 is 4.57 Å². The minimum absolute atomic E-state index is 0.128. The number of likely N-dealkylation sites (N-methyl/N-ethyl adjacent to an activating group) is 1. The molecule has 1 aliphatic rings. The molecule has 0 N–H and O–H groups in total. The van der Waals surface area contributed by atoms with Crippen molar-refractivity contribution < 1.29 is 4.39 Å². The summed E-state index contributed by atoms with van der Waals surface area (Å²) < 4.78 is 15.7. The number of aromatic nitrogens is 2. The Morgan fingerprint density at radius 1 is 1.43 bits per heavy atom. The van der Waals surface area contributed by atoms with Crippen LogP contribution < -0.4 is 0 Å². The maximum Gasteiger partial charge on any atom is 0.144 e. The number of alkyl halides is 1. The predicted octanol–water partition coefficient (Wildman–Crippen LogP) is 4.05. The van der Waals surface area contributed by atoms with Gasteiger partial charge in [-0.25, -0.2) is 9.37 Å². The highest BCUT2D eigenvalue weighted by Gasteiger charge is 2.25. The lowest BCUT2D eigenvalue weighted by Gasteiger charge is -2.24. The Morgan fingerprint density at radius 2 is 2.24 bits per heavy atom. The zero-order chi connectivity index (χ0) is 15.0. The molecule has 0 radical (unpaired) electrons. The van der Waals surface area contributed by atoms with Gasteiger partial charge in [-0.2, -0.15) is 0 Å². The summed E-state index contributed by atoms with van der Waals surface area (Å²) in [6.45, 7) is 5.19. The lowest BCUT2D eigenvalue weighted by Crippen LogP contribution is -2.33. The molecule has 3 rings (SSSR count). The molecule has 0 aliphatic carbocycles. The summed E-state index contributed by atoms with van der Waals surface area (Å²) in [5.41, 5.74) is 1.48. The molecule has 0 bridgehead atoms. The summed E-state index contributed by atoms with van der Waals surface area (Å²) >= 11 is 11.9. The van der Waals surface area contributed by atoms with Crippen LogP contribution in [0, 0.1) is 5.82 Å². The first-order chi connectivity index (χ1) is 10.1. The molecule has 1 aromatic heterocycles. The summed E-state index contributed by atoms with van der Waals surface area (Å²) in [6.07, 6.45) is 2.39. The van der Waals surface area contributed by atoms with Gasteiger partial charge in [0.05, 0.1) is 21.9 Å². The molecule has 6 heteroatoms. The van der Waals surface area contributed by atoms with Crippen LogP contribution in [0.25, 0.3) is 11.0 Å². The van der Waals surface area contributed by atoms with E-state index in [2.05, 4.69) is 21.4 Å². The van der Waals surface area contributed by atoms with E-state index in [-0.39, 0.29) is 5.02 Å². The van der Waals surface area contributed by atoms with E-state index in [1.165, 1.54) is 18.9 Å². The Labute approximate surface area is 133 Å². The van der Waals surface area contributed by atoms with Crippen LogP contribution in [0.5, 0.6) is 0 Å². The second kappa shape index (κ2) is 6.11. The van der Waals surface area contributed by atoms with Crippen molar-refractivity contribution in [2.45, 2.75) is 38.2 Å². The van der Waals surface area contributed by atoms with Gasteiger partial charge in [-0.15, -0.1) is 11.6 Å². The lowest BCUT2D eigenvalue weighted by atomic mass is 10.2. The highest BCUT2D eigenvalue weighted by molar-refractivity contribution is 6.31. The van der Waals surface area contributed by atoms with Gasteiger partial charge >= 0.3 is 0 Å². The van der Waals surface area contributed by atoms with E-state index < -0.39 is 5.82 Å². The Morgan fingerprint density at radius 3 is 2.95 bits per heavy atom. The average molecular weight is 330 g/mol. The van der Waals surface area contributed by atoms with E-state index in [0.29, 0.717) is 17.4 Å². The largest absolute Gasteiger partial charge is 0.325 e. The van der Waals surface area contributed by atoms with Gasteiger partial charge in [0.1, 0.15) is 11.6 Å². The third kappa shape index (κ3) is 2.77. The molecule has 21 heavy (non-hydrogen) atoms. The topological polar surface area (TPSA) is 21.1 Å². The third-order valence-electron chi connectivity index (χ3n) is 4.29. The fourth-order valence-corrected chi connectivity index (χ4v) is 3.57. The van der Waals surface area contributed by atoms with Crippen molar-refractivity contribution in [2.75, 3.05) is 13.1 Å². The predicted molar refractivity (Wildman–Crippen MR) is 84.5 cm³/mol. The number of hydrogen-bond acceptors (Lipinski definition) is 2. The summed E-state index contributed by atoms with van der Waals surface area (Å²) in [5.74, 6) is 0.648. The Kier molecular flexibility index (Phi) is 4.38. The van der Waals surface area contributed by atoms with Crippen molar-refractivity contribution in [1.82, 2.24) is 14.5 Å². The molecule has 1 fully saturated rings. The van der Waals surface area contributed by atoms with Gasteiger partial charge in [-0.05, 0) is 32.0 Å². The minimum Gasteiger partial charge on any atom is -0.325 e. The molecule has 2 aromatic rings.